The van der Waals surface area contributed by atoms with Crippen LogP contribution in [0.1, 0.15) is 38.7 Å². The summed E-state index contributed by atoms with van der Waals surface area (Å²) in [7, 11) is 0. The van der Waals surface area contributed by atoms with Gasteiger partial charge in [0.2, 0.25) is 0 Å². The van der Waals surface area contributed by atoms with E-state index in [-0.39, 0.29) is 6.10 Å². The van der Waals surface area contributed by atoms with Gasteiger partial charge in [-0.25, -0.2) is 0 Å². The molecule has 1 heteroatoms. The van der Waals surface area contributed by atoms with Crippen LogP contribution in [0.5, 0.6) is 0 Å². The minimum absolute atomic E-state index is 0.171. The smallest absolute Gasteiger partial charge is 0.0546 e. The molecular weight excluding hydrogens is 196 g/mol. The minimum Gasteiger partial charge on any atom is -0.393 e. The molecule has 0 aromatic heterocycles. The van der Waals surface area contributed by atoms with E-state index < -0.39 is 0 Å². The molecule has 0 radical (unpaired) electrons. The summed E-state index contributed by atoms with van der Waals surface area (Å²) in [6, 6.07) is 10.3. The van der Waals surface area contributed by atoms with Crippen molar-refractivity contribution in [2.24, 2.45) is 0 Å². The number of aliphatic hydroxyl groups is 1. The lowest BCUT2D eigenvalue weighted by atomic mass is 10.0. The average Bonchev–Trinajstić information content (AvgIpc) is 2.27. The summed E-state index contributed by atoms with van der Waals surface area (Å²) in [6.45, 7) is 4.19. The van der Waals surface area contributed by atoms with Crippen molar-refractivity contribution in [1.29, 1.82) is 0 Å². The molecule has 0 fully saturated rings. The molecule has 0 bridgehead atoms. The van der Waals surface area contributed by atoms with Gasteiger partial charge in [0.15, 0.2) is 0 Å². The number of hydrogen-bond donors (Lipinski definition) is 1. The maximum absolute atomic E-state index is 9.79. The highest BCUT2D eigenvalue weighted by atomic mass is 16.3. The Hall–Kier alpha value is -1.08. The van der Waals surface area contributed by atoms with Gasteiger partial charge in [-0.3, -0.25) is 0 Å². The van der Waals surface area contributed by atoms with E-state index in [0.29, 0.717) is 0 Å². The second kappa shape index (κ2) is 7.24. The first kappa shape index (κ1) is 13.0. The van der Waals surface area contributed by atoms with Gasteiger partial charge in [-0.05, 0) is 45.1 Å². The molecule has 0 unspecified atom stereocenters. The van der Waals surface area contributed by atoms with Crippen LogP contribution in [0.15, 0.2) is 42.0 Å². The number of allylic oxidation sites excluding steroid dienone is 2. The molecule has 1 nitrogen and oxygen atoms in total. The molecule has 1 atom stereocenters. The third kappa shape index (κ3) is 5.72. The third-order valence-electron chi connectivity index (χ3n) is 2.66. The van der Waals surface area contributed by atoms with Crippen LogP contribution in [0.3, 0.4) is 0 Å². The van der Waals surface area contributed by atoms with Gasteiger partial charge in [-0.2, -0.15) is 0 Å². The molecule has 1 aromatic rings. The molecule has 0 saturated heterocycles. The van der Waals surface area contributed by atoms with Crippen molar-refractivity contribution in [2.75, 3.05) is 0 Å². The van der Waals surface area contributed by atoms with Crippen LogP contribution in [0.2, 0.25) is 0 Å². The summed E-state index contributed by atoms with van der Waals surface area (Å²) in [5.74, 6) is 0. The molecule has 0 saturated carbocycles. The summed E-state index contributed by atoms with van der Waals surface area (Å²) in [4.78, 5) is 0. The summed E-state index contributed by atoms with van der Waals surface area (Å²) < 4.78 is 0. The van der Waals surface area contributed by atoms with E-state index in [1.165, 1.54) is 11.1 Å². The summed E-state index contributed by atoms with van der Waals surface area (Å²) in [5.41, 5.74) is 2.64. The van der Waals surface area contributed by atoms with E-state index in [4.69, 9.17) is 0 Å². The third-order valence-corrected chi connectivity index (χ3v) is 2.66. The molecule has 16 heavy (non-hydrogen) atoms. The van der Waals surface area contributed by atoms with Crippen LogP contribution in [0.25, 0.3) is 0 Å². The van der Waals surface area contributed by atoms with Crippen molar-refractivity contribution in [3.63, 3.8) is 0 Å². The molecular formula is C15H22O. The maximum Gasteiger partial charge on any atom is 0.0546 e. The molecule has 0 aliphatic rings. The van der Waals surface area contributed by atoms with Crippen LogP contribution in [0, 0.1) is 0 Å². The monoisotopic (exact) mass is 218 g/mol. The Morgan fingerprint density at radius 1 is 1.19 bits per heavy atom. The molecule has 0 amide bonds. The quantitative estimate of drug-likeness (QED) is 0.721. The van der Waals surface area contributed by atoms with E-state index >= 15 is 0 Å². The summed E-state index contributed by atoms with van der Waals surface area (Å²) in [5, 5.41) is 9.79. The molecule has 88 valence electrons. The van der Waals surface area contributed by atoms with Gasteiger partial charge in [-0.15, -0.1) is 0 Å². The lowest BCUT2D eigenvalue weighted by Crippen LogP contribution is -2.07. The van der Waals surface area contributed by atoms with Crippen molar-refractivity contribution in [3.8, 4) is 0 Å². The molecule has 1 N–H and O–H groups in total. The van der Waals surface area contributed by atoms with E-state index in [2.05, 4.69) is 32.1 Å². The standard InChI is InChI=1S/C15H22O/c1-13(2)7-6-10-15(16)12-11-14-8-4-3-5-9-14/h3-5,7-9,15-16H,6,10-12H2,1-2H3/t15-/m0/s1. The minimum atomic E-state index is -0.171. The Balaban J connectivity index is 2.20. The van der Waals surface area contributed by atoms with Crippen molar-refractivity contribution in [1.82, 2.24) is 0 Å². The van der Waals surface area contributed by atoms with Gasteiger partial charge >= 0.3 is 0 Å². The lowest BCUT2D eigenvalue weighted by molar-refractivity contribution is 0.156. The Morgan fingerprint density at radius 2 is 1.88 bits per heavy atom. The maximum atomic E-state index is 9.79. The predicted octanol–water partition coefficient (Wildman–Crippen LogP) is 3.73. The highest BCUT2D eigenvalue weighted by molar-refractivity contribution is 5.14. The Bertz CT molecular complexity index is 309. The van der Waals surface area contributed by atoms with E-state index in [9.17, 15) is 5.11 Å². The van der Waals surface area contributed by atoms with Gasteiger partial charge in [0, 0.05) is 0 Å². The lowest BCUT2D eigenvalue weighted by Gasteiger charge is -2.09. The van der Waals surface area contributed by atoms with E-state index in [0.717, 1.165) is 25.7 Å². The topological polar surface area (TPSA) is 20.2 Å². The van der Waals surface area contributed by atoms with Crippen LogP contribution < -0.4 is 0 Å². The number of benzene rings is 1. The van der Waals surface area contributed by atoms with Gasteiger partial charge < -0.3 is 5.11 Å². The predicted molar refractivity (Wildman–Crippen MR) is 69.4 cm³/mol. The zero-order valence-electron chi connectivity index (χ0n) is 10.3. The van der Waals surface area contributed by atoms with Gasteiger partial charge in [0.05, 0.1) is 6.10 Å². The highest BCUT2D eigenvalue weighted by Crippen LogP contribution is 2.09. The van der Waals surface area contributed by atoms with E-state index in [1.54, 1.807) is 0 Å². The first-order valence-electron chi connectivity index (χ1n) is 6.04. The van der Waals surface area contributed by atoms with Gasteiger partial charge in [0.25, 0.3) is 0 Å². The second-order valence-electron chi connectivity index (χ2n) is 4.54. The second-order valence-corrected chi connectivity index (χ2v) is 4.54. The Morgan fingerprint density at radius 3 is 2.50 bits per heavy atom. The fourth-order valence-electron chi connectivity index (χ4n) is 1.69. The van der Waals surface area contributed by atoms with Crippen LogP contribution in [0.4, 0.5) is 0 Å². The molecule has 0 aliphatic heterocycles. The normalized spacial score (nSPS) is 12.2. The van der Waals surface area contributed by atoms with Crippen LogP contribution >= 0.6 is 0 Å². The SMILES string of the molecule is CC(C)=CCC[C@H](O)CCc1ccccc1. The number of aliphatic hydroxyl groups excluding tert-OH is 1. The highest BCUT2D eigenvalue weighted by Gasteiger charge is 2.03. The number of hydrogen-bond acceptors (Lipinski definition) is 1. The first-order valence-corrected chi connectivity index (χ1v) is 6.04. The Kier molecular flexibility index (Phi) is 5.87. The molecule has 0 aliphatic carbocycles. The number of aryl methyl sites for hydroxylation is 1. The molecule has 0 heterocycles. The first-order chi connectivity index (χ1) is 7.68. The zero-order valence-corrected chi connectivity index (χ0v) is 10.3. The summed E-state index contributed by atoms with van der Waals surface area (Å²) in [6.07, 6.45) is 5.70. The molecule has 1 aromatic carbocycles. The molecule has 1 rings (SSSR count). The Labute approximate surface area is 98.8 Å². The van der Waals surface area contributed by atoms with Gasteiger partial charge in [-0.1, -0.05) is 42.0 Å². The zero-order chi connectivity index (χ0) is 11.8. The summed E-state index contributed by atoms with van der Waals surface area (Å²) >= 11 is 0. The van der Waals surface area contributed by atoms with Crippen LogP contribution in [-0.4, -0.2) is 11.2 Å². The van der Waals surface area contributed by atoms with Crippen molar-refractivity contribution >= 4 is 0 Å². The molecule has 0 spiro atoms. The van der Waals surface area contributed by atoms with Crippen molar-refractivity contribution in [2.45, 2.75) is 45.6 Å². The van der Waals surface area contributed by atoms with Crippen LogP contribution in [-0.2, 0) is 6.42 Å². The fourth-order valence-corrected chi connectivity index (χ4v) is 1.69. The van der Waals surface area contributed by atoms with Crippen molar-refractivity contribution < 1.29 is 5.11 Å². The van der Waals surface area contributed by atoms with Crippen molar-refractivity contribution in [3.05, 3.63) is 47.5 Å². The largest absolute Gasteiger partial charge is 0.393 e. The number of rotatable bonds is 6. The average molecular weight is 218 g/mol. The van der Waals surface area contributed by atoms with E-state index in [1.807, 2.05) is 18.2 Å². The fraction of sp³-hybridized carbons (Fsp3) is 0.467. The van der Waals surface area contributed by atoms with Gasteiger partial charge in [0.1, 0.15) is 0 Å².